The van der Waals surface area contributed by atoms with Crippen LogP contribution in [0.1, 0.15) is 112 Å². The van der Waals surface area contributed by atoms with Crippen LogP contribution in [-0.2, 0) is 4.74 Å². The van der Waals surface area contributed by atoms with Crippen LogP contribution >= 0.6 is 12.2 Å². The van der Waals surface area contributed by atoms with E-state index in [4.69, 9.17) is 22.7 Å². The first-order valence-electron chi connectivity index (χ1n) is 13.6. The molecule has 0 aromatic rings. The summed E-state index contributed by atoms with van der Waals surface area (Å²) < 4.78 is 5.80. The van der Waals surface area contributed by atoms with E-state index in [0.717, 1.165) is 47.8 Å². The zero-order chi connectivity index (χ0) is 22.4. The van der Waals surface area contributed by atoms with Gasteiger partial charge in [0.2, 0.25) is 0 Å². The number of ether oxygens (including phenoxy) is 1. The Bertz CT molecular complexity index is 649. The molecule has 0 aromatic carbocycles. The number of thiocarbonyl (C=S) groups is 1. The topological polar surface area (TPSA) is 35.2 Å². The van der Waals surface area contributed by atoms with Crippen molar-refractivity contribution in [3.8, 4) is 0 Å². The highest BCUT2D eigenvalue weighted by Crippen LogP contribution is 2.68. The molecule has 2 N–H and O–H groups in total. The molecule has 4 aliphatic rings. The Kier molecular flexibility index (Phi) is 7.03. The number of hydrogen-bond acceptors (Lipinski definition) is 2. The van der Waals surface area contributed by atoms with Gasteiger partial charge < -0.3 is 10.5 Å². The minimum Gasteiger partial charge on any atom is -0.468 e. The van der Waals surface area contributed by atoms with Crippen molar-refractivity contribution in [3.63, 3.8) is 0 Å². The molecule has 31 heavy (non-hydrogen) atoms. The summed E-state index contributed by atoms with van der Waals surface area (Å²) in [6, 6.07) is 0. The molecular weight excluding hydrogens is 398 g/mol. The summed E-state index contributed by atoms with van der Waals surface area (Å²) in [5.41, 5.74) is 6.82. The lowest BCUT2D eigenvalue weighted by molar-refractivity contribution is -0.127. The van der Waals surface area contributed by atoms with Crippen LogP contribution in [0.2, 0.25) is 0 Å². The molecule has 0 aromatic heterocycles. The minimum absolute atomic E-state index is 0.246. The van der Waals surface area contributed by atoms with Crippen molar-refractivity contribution in [1.82, 2.24) is 0 Å². The van der Waals surface area contributed by atoms with E-state index in [1.54, 1.807) is 0 Å². The van der Waals surface area contributed by atoms with Gasteiger partial charge in [-0.1, -0.05) is 53.9 Å². The van der Waals surface area contributed by atoms with Gasteiger partial charge in [0.1, 0.15) is 6.10 Å². The van der Waals surface area contributed by atoms with Crippen LogP contribution in [0.3, 0.4) is 0 Å². The second kappa shape index (κ2) is 9.15. The van der Waals surface area contributed by atoms with Crippen LogP contribution in [0.15, 0.2) is 0 Å². The molecule has 0 amide bonds. The average Bonchev–Trinajstić information content (AvgIpc) is 3.05. The Morgan fingerprint density at radius 3 is 2.35 bits per heavy atom. The smallest absolute Gasteiger partial charge is 0.254 e. The fraction of sp³-hybridized carbons (Fsp3) is 0.964. The first kappa shape index (κ1) is 23.8. The van der Waals surface area contributed by atoms with E-state index in [2.05, 4.69) is 34.6 Å². The second-order valence-corrected chi connectivity index (χ2v) is 13.4. The third-order valence-electron chi connectivity index (χ3n) is 11.1. The maximum Gasteiger partial charge on any atom is 0.254 e. The summed E-state index contributed by atoms with van der Waals surface area (Å²) in [4.78, 5) is 0. The number of fused-ring (bicyclic) bond motifs is 5. The molecule has 0 heterocycles. The highest BCUT2D eigenvalue weighted by atomic mass is 32.1. The predicted molar refractivity (Wildman–Crippen MR) is 135 cm³/mol. The molecule has 0 spiro atoms. The van der Waals surface area contributed by atoms with Crippen molar-refractivity contribution >= 4 is 17.4 Å². The van der Waals surface area contributed by atoms with Crippen LogP contribution in [0.25, 0.3) is 0 Å². The van der Waals surface area contributed by atoms with Crippen LogP contribution in [0.5, 0.6) is 0 Å². The van der Waals surface area contributed by atoms with Gasteiger partial charge in [0.05, 0.1) is 0 Å². The highest BCUT2D eigenvalue weighted by molar-refractivity contribution is 7.80. The van der Waals surface area contributed by atoms with Gasteiger partial charge in [-0.05, 0) is 122 Å². The number of rotatable bonds is 6. The molecule has 4 rings (SSSR count). The summed E-state index contributed by atoms with van der Waals surface area (Å²) in [5, 5.41) is 0.246. The molecule has 1 unspecified atom stereocenters. The van der Waals surface area contributed by atoms with E-state index in [-0.39, 0.29) is 11.3 Å². The van der Waals surface area contributed by atoms with Gasteiger partial charge >= 0.3 is 0 Å². The first-order chi connectivity index (χ1) is 14.6. The Balaban J connectivity index is 1.43. The molecule has 3 heteroatoms. The van der Waals surface area contributed by atoms with Crippen molar-refractivity contribution in [2.75, 3.05) is 0 Å². The largest absolute Gasteiger partial charge is 0.468 e. The predicted octanol–water partition coefficient (Wildman–Crippen LogP) is 7.74. The molecule has 0 aliphatic heterocycles. The maximum absolute atomic E-state index is 5.80. The highest BCUT2D eigenvalue weighted by Gasteiger charge is 2.60. The minimum atomic E-state index is 0.246. The van der Waals surface area contributed by atoms with Crippen LogP contribution in [0.4, 0.5) is 0 Å². The fourth-order valence-electron chi connectivity index (χ4n) is 9.51. The summed E-state index contributed by atoms with van der Waals surface area (Å²) in [5.74, 6) is 6.42. The Hall–Kier alpha value is -0.310. The Morgan fingerprint density at radius 1 is 0.935 bits per heavy atom. The molecule has 0 saturated heterocycles. The van der Waals surface area contributed by atoms with E-state index in [0.29, 0.717) is 10.8 Å². The summed E-state index contributed by atoms with van der Waals surface area (Å²) >= 11 is 5.03. The monoisotopic (exact) mass is 447 g/mol. The van der Waals surface area contributed by atoms with Gasteiger partial charge in [0, 0.05) is 0 Å². The zero-order valence-electron chi connectivity index (χ0n) is 21.0. The standard InChI is InChI=1S/C28H49NOS/c1-18(2)7-6-8-19(3)23-11-12-24-22-10-9-20-17-21(30-26(29)31)13-15-27(20,4)25(22)14-16-28(23,24)5/h18-25H,6-17H2,1-5H3,(H2,29,31)/t19-,20?,21+,22+,23-,24+,25+,27+,28-/m1/s1. The normalized spacial score (nSPS) is 45.5. The van der Waals surface area contributed by atoms with E-state index in [9.17, 15) is 0 Å². The van der Waals surface area contributed by atoms with Crippen molar-refractivity contribution in [2.45, 2.75) is 118 Å². The van der Waals surface area contributed by atoms with Crippen LogP contribution in [0, 0.1) is 52.3 Å². The Labute approximate surface area is 197 Å². The van der Waals surface area contributed by atoms with E-state index < -0.39 is 0 Å². The van der Waals surface area contributed by atoms with Gasteiger partial charge in [-0.3, -0.25) is 0 Å². The second-order valence-electron chi connectivity index (χ2n) is 13.0. The first-order valence-corrected chi connectivity index (χ1v) is 14.0. The number of hydrogen-bond donors (Lipinski definition) is 1. The molecule has 4 aliphatic carbocycles. The molecule has 4 fully saturated rings. The molecule has 0 radical (unpaired) electrons. The van der Waals surface area contributed by atoms with Crippen molar-refractivity contribution in [1.29, 1.82) is 0 Å². The van der Waals surface area contributed by atoms with E-state index >= 15 is 0 Å². The van der Waals surface area contributed by atoms with E-state index in [1.165, 1.54) is 70.6 Å². The Morgan fingerprint density at radius 2 is 1.65 bits per heavy atom. The molecule has 2 nitrogen and oxygen atoms in total. The molecular formula is C28H49NOS. The summed E-state index contributed by atoms with van der Waals surface area (Å²) in [6.45, 7) is 12.7. The van der Waals surface area contributed by atoms with Gasteiger partial charge in [0.15, 0.2) is 0 Å². The van der Waals surface area contributed by atoms with E-state index in [1.807, 2.05) is 0 Å². The summed E-state index contributed by atoms with van der Waals surface area (Å²) in [6.07, 6.45) is 17.0. The van der Waals surface area contributed by atoms with Crippen LogP contribution in [-0.4, -0.2) is 11.3 Å². The molecule has 4 saturated carbocycles. The lowest BCUT2D eigenvalue weighted by atomic mass is 9.44. The fourth-order valence-corrected chi connectivity index (χ4v) is 9.65. The summed E-state index contributed by atoms with van der Waals surface area (Å²) in [7, 11) is 0. The average molecular weight is 448 g/mol. The van der Waals surface area contributed by atoms with Crippen molar-refractivity contribution in [3.05, 3.63) is 0 Å². The maximum atomic E-state index is 5.80. The van der Waals surface area contributed by atoms with Crippen molar-refractivity contribution in [2.24, 2.45) is 58.0 Å². The van der Waals surface area contributed by atoms with Gasteiger partial charge in [0.25, 0.3) is 5.17 Å². The lowest BCUT2D eigenvalue weighted by Crippen LogP contribution is -2.54. The van der Waals surface area contributed by atoms with Gasteiger partial charge in [-0.2, -0.15) is 0 Å². The zero-order valence-corrected chi connectivity index (χ0v) is 21.8. The van der Waals surface area contributed by atoms with Crippen LogP contribution < -0.4 is 5.73 Å². The molecule has 178 valence electrons. The van der Waals surface area contributed by atoms with Gasteiger partial charge in [-0.15, -0.1) is 0 Å². The van der Waals surface area contributed by atoms with Crippen molar-refractivity contribution < 1.29 is 4.74 Å². The third kappa shape index (κ3) is 4.43. The van der Waals surface area contributed by atoms with Gasteiger partial charge in [-0.25, -0.2) is 0 Å². The number of nitrogens with two attached hydrogens (primary N) is 1. The lowest BCUT2D eigenvalue weighted by Gasteiger charge is -2.61. The molecule has 0 bridgehead atoms. The SMILES string of the molecule is CC(C)CCC[C@@H](C)[C@H]1CC[C@H]2[C@@H]3CCC4C[C@@H](OC(N)=S)CC[C@]4(C)[C@H]3CC[C@]12C. The third-order valence-corrected chi connectivity index (χ3v) is 11.2. The molecule has 9 atom stereocenters. The quantitative estimate of drug-likeness (QED) is 0.423.